The molecule has 2 N–H and O–H groups in total. The molecule has 0 amide bonds. The number of pyridine rings is 2. The fourth-order valence-electron chi connectivity index (χ4n) is 2.22. The summed E-state index contributed by atoms with van der Waals surface area (Å²) >= 11 is 0. The Bertz CT molecular complexity index is 849. The largest absolute Gasteiger partial charge is 0.398 e. The van der Waals surface area contributed by atoms with E-state index in [2.05, 4.69) is 11.6 Å². The van der Waals surface area contributed by atoms with Crippen LogP contribution in [-0.4, -0.2) is 9.55 Å². The molecule has 3 aromatic rings. The number of fused-ring (bicyclic) bond motifs is 2. The zero-order valence-corrected chi connectivity index (χ0v) is 10.3. The minimum Gasteiger partial charge on any atom is -0.398 e. The van der Waals surface area contributed by atoms with Crippen molar-refractivity contribution in [3.63, 3.8) is 0 Å². The summed E-state index contributed by atoms with van der Waals surface area (Å²) < 4.78 is 1.57. The number of benzene rings is 1. The van der Waals surface area contributed by atoms with Crippen molar-refractivity contribution < 1.29 is 0 Å². The molecular weight excluding hydrogens is 238 g/mol. The summed E-state index contributed by atoms with van der Waals surface area (Å²) in [5.74, 6) is 0. The van der Waals surface area contributed by atoms with Crippen LogP contribution in [0.3, 0.4) is 0 Å². The second-order valence-corrected chi connectivity index (χ2v) is 4.39. The Hall–Kier alpha value is -2.62. The van der Waals surface area contributed by atoms with Gasteiger partial charge in [0.1, 0.15) is 5.65 Å². The molecule has 19 heavy (non-hydrogen) atoms. The first-order chi connectivity index (χ1) is 9.20. The van der Waals surface area contributed by atoms with Gasteiger partial charge in [-0.15, -0.1) is 6.58 Å². The van der Waals surface area contributed by atoms with E-state index in [9.17, 15) is 4.79 Å². The quantitative estimate of drug-likeness (QED) is 0.561. The number of anilines is 1. The van der Waals surface area contributed by atoms with Crippen molar-refractivity contribution in [3.05, 3.63) is 59.4 Å². The third kappa shape index (κ3) is 1.78. The Morgan fingerprint density at radius 1 is 1.32 bits per heavy atom. The van der Waals surface area contributed by atoms with Crippen LogP contribution in [0.4, 0.5) is 5.69 Å². The molecule has 0 saturated carbocycles. The summed E-state index contributed by atoms with van der Waals surface area (Å²) in [5.41, 5.74) is 7.68. The predicted molar refractivity (Wildman–Crippen MR) is 78.1 cm³/mol. The third-order valence-corrected chi connectivity index (χ3v) is 3.13. The monoisotopic (exact) mass is 251 g/mol. The Balaban J connectivity index is 2.51. The average Bonchev–Trinajstić information content (AvgIpc) is 2.42. The Kier molecular flexibility index (Phi) is 2.56. The van der Waals surface area contributed by atoms with Crippen LogP contribution >= 0.6 is 0 Å². The van der Waals surface area contributed by atoms with Crippen LogP contribution < -0.4 is 11.3 Å². The van der Waals surface area contributed by atoms with E-state index < -0.39 is 0 Å². The number of aromatic nitrogens is 2. The first kappa shape index (κ1) is 11.5. The molecule has 0 bridgehead atoms. The van der Waals surface area contributed by atoms with Gasteiger partial charge >= 0.3 is 0 Å². The molecular formula is C15H13N3O. The molecule has 1 aromatic carbocycles. The molecule has 0 radical (unpaired) electrons. The van der Waals surface area contributed by atoms with Gasteiger partial charge in [-0.05, 0) is 12.1 Å². The first-order valence-corrected chi connectivity index (χ1v) is 6.00. The van der Waals surface area contributed by atoms with Crippen molar-refractivity contribution >= 4 is 27.6 Å². The summed E-state index contributed by atoms with van der Waals surface area (Å²) in [6.45, 7) is 4.09. The number of nitrogens with two attached hydrogens (primary N) is 1. The molecule has 94 valence electrons. The highest BCUT2D eigenvalue weighted by atomic mass is 16.1. The van der Waals surface area contributed by atoms with Gasteiger partial charge in [0, 0.05) is 29.1 Å². The summed E-state index contributed by atoms with van der Waals surface area (Å²) in [7, 11) is 0. The van der Waals surface area contributed by atoms with Gasteiger partial charge in [0.25, 0.3) is 5.56 Å². The van der Waals surface area contributed by atoms with Gasteiger partial charge in [-0.3, -0.25) is 9.36 Å². The van der Waals surface area contributed by atoms with Gasteiger partial charge in [-0.1, -0.05) is 24.3 Å². The maximum Gasteiger partial charge on any atom is 0.254 e. The molecule has 2 aromatic heterocycles. The fraction of sp³-hybridized carbons (Fsp3) is 0.0667. The summed E-state index contributed by atoms with van der Waals surface area (Å²) in [4.78, 5) is 16.5. The highest BCUT2D eigenvalue weighted by Crippen LogP contribution is 2.22. The summed E-state index contributed by atoms with van der Waals surface area (Å²) in [6, 6.07) is 11.2. The van der Waals surface area contributed by atoms with Gasteiger partial charge in [0.15, 0.2) is 0 Å². The van der Waals surface area contributed by atoms with E-state index in [0.29, 0.717) is 17.9 Å². The summed E-state index contributed by atoms with van der Waals surface area (Å²) in [5, 5.41) is 1.80. The van der Waals surface area contributed by atoms with E-state index in [1.165, 1.54) is 6.07 Å². The highest BCUT2D eigenvalue weighted by Gasteiger charge is 2.08. The summed E-state index contributed by atoms with van der Waals surface area (Å²) in [6.07, 6.45) is 1.67. The Morgan fingerprint density at radius 3 is 2.89 bits per heavy atom. The lowest BCUT2D eigenvalue weighted by Crippen LogP contribution is -2.20. The Labute approximate surface area is 109 Å². The minimum absolute atomic E-state index is 0.160. The molecule has 0 saturated heterocycles. The molecule has 0 aliphatic heterocycles. The molecule has 0 unspecified atom stereocenters. The van der Waals surface area contributed by atoms with Crippen LogP contribution in [0.1, 0.15) is 0 Å². The standard InChI is InChI=1S/C15H13N3O/c1-2-7-18-14(19)9-12(16)11-8-10-5-3-4-6-13(10)17-15(11)18/h2-6,8-9H,1,7,16H2. The lowest BCUT2D eigenvalue weighted by Gasteiger charge is -2.10. The Morgan fingerprint density at radius 2 is 2.11 bits per heavy atom. The fourth-order valence-corrected chi connectivity index (χ4v) is 2.22. The van der Waals surface area contributed by atoms with Crippen molar-refractivity contribution in [1.29, 1.82) is 0 Å². The first-order valence-electron chi connectivity index (χ1n) is 6.00. The number of para-hydroxylation sites is 1. The average molecular weight is 251 g/mol. The molecule has 0 aliphatic rings. The molecule has 4 heteroatoms. The van der Waals surface area contributed by atoms with Crippen LogP contribution in [0.25, 0.3) is 21.9 Å². The second-order valence-electron chi connectivity index (χ2n) is 4.39. The van der Waals surface area contributed by atoms with Crippen molar-refractivity contribution in [2.75, 3.05) is 5.73 Å². The van der Waals surface area contributed by atoms with Gasteiger partial charge in [-0.25, -0.2) is 4.98 Å². The van der Waals surface area contributed by atoms with E-state index in [1.807, 2.05) is 30.3 Å². The van der Waals surface area contributed by atoms with E-state index >= 15 is 0 Å². The topological polar surface area (TPSA) is 60.9 Å². The van der Waals surface area contributed by atoms with Gasteiger partial charge in [0.05, 0.1) is 5.52 Å². The van der Waals surface area contributed by atoms with Crippen molar-refractivity contribution in [1.82, 2.24) is 9.55 Å². The number of nitrogen functional groups attached to an aromatic ring is 1. The van der Waals surface area contributed by atoms with Crippen LogP contribution in [0.5, 0.6) is 0 Å². The highest BCUT2D eigenvalue weighted by molar-refractivity contribution is 5.97. The van der Waals surface area contributed by atoms with Crippen LogP contribution in [0.15, 0.2) is 53.8 Å². The minimum atomic E-state index is -0.160. The number of nitrogens with zero attached hydrogens (tertiary/aromatic N) is 2. The van der Waals surface area contributed by atoms with Crippen molar-refractivity contribution in [3.8, 4) is 0 Å². The SMILES string of the molecule is C=CCn1c(=O)cc(N)c2cc3ccccc3nc21. The van der Waals surface area contributed by atoms with E-state index in [4.69, 9.17) is 5.73 Å². The van der Waals surface area contributed by atoms with Gasteiger partial charge in [-0.2, -0.15) is 0 Å². The maximum absolute atomic E-state index is 12.0. The molecule has 0 spiro atoms. The lowest BCUT2D eigenvalue weighted by atomic mass is 10.1. The van der Waals surface area contributed by atoms with Crippen LogP contribution in [0, 0.1) is 0 Å². The van der Waals surface area contributed by atoms with E-state index in [0.717, 1.165) is 16.3 Å². The second kappa shape index (κ2) is 4.24. The number of hydrogen-bond donors (Lipinski definition) is 1. The smallest absolute Gasteiger partial charge is 0.254 e. The number of rotatable bonds is 2. The number of hydrogen-bond acceptors (Lipinski definition) is 3. The zero-order chi connectivity index (χ0) is 13.4. The lowest BCUT2D eigenvalue weighted by molar-refractivity contribution is 0.808. The van der Waals surface area contributed by atoms with Crippen LogP contribution in [0.2, 0.25) is 0 Å². The third-order valence-electron chi connectivity index (χ3n) is 3.13. The number of allylic oxidation sites excluding steroid dienone is 1. The van der Waals surface area contributed by atoms with Gasteiger partial charge < -0.3 is 5.73 Å². The molecule has 0 atom stereocenters. The van der Waals surface area contributed by atoms with Crippen LogP contribution in [-0.2, 0) is 6.54 Å². The molecule has 3 rings (SSSR count). The molecule has 0 aliphatic carbocycles. The maximum atomic E-state index is 12.0. The molecule has 4 nitrogen and oxygen atoms in total. The molecule has 2 heterocycles. The zero-order valence-electron chi connectivity index (χ0n) is 10.3. The predicted octanol–water partition coefficient (Wildman–Crippen LogP) is 2.32. The normalized spacial score (nSPS) is 10.9. The van der Waals surface area contributed by atoms with E-state index in [-0.39, 0.29) is 5.56 Å². The van der Waals surface area contributed by atoms with Crippen molar-refractivity contribution in [2.24, 2.45) is 0 Å². The molecule has 0 fully saturated rings. The van der Waals surface area contributed by atoms with E-state index in [1.54, 1.807) is 10.6 Å². The van der Waals surface area contributed by atoms with Gasteiger partial charge in [0.2, 0.25) is 0 Å². The van der Waals surface area contributed by atoms with Crippen molar-refractivity contribution in [2.45, 2.75) is 6.54 Å².